The van der Waals surface area contributed by atoms with Crippen molar-refractivity contribution in [3.8, 4) is 0 Å². The lowest BCUT2D eigenvalue weighted by Crippen LogP contribution is -2.52. The number of rotatable bonds is 5. The van der Waals surface area contributed by atoms with Gasteiger partial charge in [0.1, 0.15) is 6.04 Å². The third kappa shape index (κ3) is 2.45. The van der Waals surface area contributed by atoms with Gasteiger partial charge in [0.15, 0.2) is 0 Å². The van der Waals surface area contributed by atoms with Crippen LogP contribution in [0, 0.1) is 0 Å². The van der Waals surface area contributed by atoms with Crippen LogP contribution in [0.2, 0.25) is 0 Å². The number of carbonyl (C=O) groups is 1. The molecule has 2 N–H and O–H groups in total. The van der Waals surface area contributed by atoms with Gasteiger partial charge in [-0.15, -0.1) is 0 Å². The van der Waals surface area contributed by atoms with E-state index in [1.807, 2.05) is 11.8 Å². The van der Waals surface area contributed by atoms with Crippen LogP contribution in [0.3, 0.4) is 0 Å². The average molecular weight is 200 g/mol. The Balaban J connectivity index is 2.45. The van der Waals surface area contributed by atoms with Crippen LogP contribution in [0.4, 0.5) is 0 Å². The van der Waals surface area contributed by atoms with E-state index in [0.29, 0.717) is 12.6 Å². The van der Waals surface area contributed by atoms with Crippen molar-refractivity contribution in [2.75, 3.05) is 20.3 Å². The zero-order valence-electron chi connectivity index (χ0n) is 9.03. The summed E-state index contributed by atoms with van der Waals surface area (Å²) in [5.74, 6) is 0.0269. The largest absolute Gasteiger partial charge is 0.383 e. The van der Waals surface area contributed by atoms with Crippen LogP contribution in [0.1, 0.15) is 26.2 Å². The molecule has 14 heavy (non-hydrogen) atoms. The fraction of sp³-hybridized carbons (Fsp3) is 0.900. The number of nitrogens with two attached hydrogens (primary N) is 1. The number of methoxy groups -OCH3 is 1. The van der Waals surface area contributed by atoms with Crippen molar-refractivity contribution < 1.29 is 9.53 Å². The van der Waals surface area contributed by atoms with Gasteiger partial charge in [-0.2, -0.15) is 0 Å². The highest BCUT2D eigenvalue weighted by Crippen LogP contribution is 2.24. The van der Waals surface area contributed by atoms with E-state index in [2.05, 4.69) is 0 Å². The summed E-state index contributed by atoms with van der Waals surface area (Å²) in [5.41, 5.74) is 5.70. The van der Waals surface area contributed by atoms with Gasteiger partial charge in [0, 0.05) is 19.7 Å². The van der Waals surface area contributed by atoms with Crippen molar-refractivity contribution in [3.63, 3.8) is 0 Å². The molecule has 1 fully saturated rings. The van der Waals surface area contributed by atoms with Crippen LogP contribution in [0.5, 0.6) is 0 Å². The Labute approximate surface area is 85.4 Å². The minimum absolute atomic E-state index is 0.0269. The number of likely N-dealkylation sites (N-methyl/N-ethyl adjacent to an activating group) is 1. The fourth-order valence-corrected chi connectivity index (χ4v) is 1.76. The third-order valence-electron chi connectivity index (χ3n) is 2.80. The van der Waals surface area contributed by atoms with E-state index >= 15 is 0 Å². The molecule has 0 bridgehead atoms. The van der Waals surface area contributed by atoms with Gasteiger partial charge in [0.25, 0.3) is 0 Å². The summed E-state index contributed by atoms with van der Waals surface area (Å²) in [6.45, 7) is 3.05. The maximum absolute atomic E-state index is 11.8. The molecule has 0 radical (unpaired) electrons. The molecule has 0 spiro atoms. The number of hydrogen-bond acceptors (Lipinski definition) is 3. The highest BCUT2D eigenvalue weighted by Gasteiger charge is 2.30. The van der Waals surface area contributed by atoms with E-state index in [1.54, 1.807) is 7.11 Å². The first-order valence-electron chi connectivity index (χ1n) is 5.25. The summed E-state index contributed by atoms with van der Waals surface area (Å²) >= 11 is 0. The lowest BCUT2D eigenvalue weighted by molar-refractivity contribution is -0.137. The van der Waals surface area contributed by atoms with E-state index in [1.165, 1.54) is 6.42 Å². The van der Waals surface area contributed by atoms with Gasteiger partial charge in [-0.05, 0) is 26.2 Å². The molecule has 0 saturated heterocycles. The Bertz CT molecular complexity index is 193. The van der Waals surface area contributed by atoms with Crippen LogP contribution in [0.25, 0.3) is 0 Å². The first-order valence-corrected chi connectivity index (χ1v) is 5.25. The monoisotopic (exact) mass is 200 g/mol. The molecule has 0 heterocycles. The van der Waals surface area contributed by atoms with E-state index in [0.717, 1.165) is 19.4 Å². The van der Waals surface area contributed by atoms with Gasteiger partial charge in [-0.1, -0.05) is 0 Å². The Morgan fingerprint density at radius 1 is 1.64 bits per heavy atom. The fourth-order valence-electron chi connectivity index (χ4n) is 1.76. The smallest absolute Gasteiger partial charge is 0.242 e. The molecule has 1 aliphatic carbocycles. The third-order valence-corrected chi connectivity index (χ3v) is 2.80. The number of nitrogens with zero attached hydrogens (tertiary/aromatic N) is 1. The summed E-state index contributed by atoms with van der Waals surface area (Å²) in [7, 11) is 1.56. The van der Waals surface area contributed by atoms with E-state index in [4.69, 9.17) is 10.5 Å². The van der Waals surface area contributed by atoms with Gasteiger partial charge in [0.2, 0.25) is 5.91 Å². The first kappa shape index (κ1) is 11.5. The predicted molar refractivity (Wildman–Crippen MR) is 54.9 cm³/mol. The topological polar surface area (TPSA) is 55.6 Å². The Kier molecular flexibility index (Phi) is 4.35. The van der Waals surface area contributed by atoms with Crippen molar-refractivity contribution >= 4 is 5.91 Å². The number of amides is 1. The Morgan fingerprint density at radius 3 is 2.64 bits per heavy atom. The van der Waals surface area contributed by atoms with Gasteiger partial charge >= 0.3 is 0 Å². The zero-order chi connectivity index (χ0) is 10.6. The summed E-state index contributed by atoms with van der Waals surface area (Å²) in [5, 5.41) is 0. The normalized spacial score (nSPS) is 18.8. The molecule has 1 aliphatic rings. The molecular formula is C10H20N2O2. The minimum atomic E-state index is -0.499. The molecule has 82 valence electrons. The summed E-state index contributed by atoms with van der Waals surface area (Å²) < 4.78 is 4.88. The van der Waals surface area contributed by atoms with E-state index in [9.17, 15) is 4.79 Å². The van der Waals surface area contributed by atoms with Crippen LogP contribution >= 0.6 is 0 Å². The highest BCUT2D eigenvalue weighted by atomic mass is 16.5. The molecule has 1 saturated carbocycles. The lowest BCUT2D eigenvalue weighted by Gasteiger charge is -2.38. The molecule has 1 rings (SSSR count). The molecule has 0 aromatic heterocycles. The molecular weight excluding hydrogens is 180 g/mol. The number of carbonyl (C=O) groups excluding carboxylic acids is 1. The van der Waals surface area contributed by atoms with Gasteiger partial charge < -0.3 is 15.4 Å². The summed E-state index contributed by atoms with van der Waals surface area (Å²) in [4.78, 5) is 13.7. The molecule has 1 atom stereocenters. The maximum atomic E-state index is 11.8. The molecule has 4 heteroatoms. The summed E-state index contributed by atoms with van der Waals surface area (Å²) in [6, 6.07) is -0.0732. The van der Waals surface area contributed by atoms with Crippen LogP contribution in [-0.4, -0.2) is 43.2 Å². The second-order valence-corrected chi connectivity index (χ2v) is 3.77. The quantitative estimate of drug-likeness (QED) is 0.697. The molecule has 0 aromatic carbocycles. The van der Waals surface area contributed by atoms with Crippen LogP contribution in [-0.2, 0) is 9.53 Å². The van der Waals surface area contributed by atoms with Gasteiger partial charge in [-0.3, -0.25) is 4.79 Å². The van der Waals surface area contributed by atoms with E-state index < -0.39 is 6.04 Å². The summed E-state index contributed by atoms with van der Waals surface area (Å²) in [6.07, 6.45) is 3.48. The van der Waals surface area contributed by atoms with E-state index in [-0.39, 0.29) is 5.91 Å². The first-order chi connectivity index (χ1) is 6.70. The zero-order valence-corrected chi connectivity index (χ0v) is 9.03. The highest BCUT2D eigenvalue weighted by molar-refractivity contribution is 5.82. The van der Waals surface area contributed by atoms with Gasteiger partial charge in [0.05, 0.1) is 6.61 Å². The molecule has 1 amide bonds. The Morgan fingerprint density at radius 2 is 2.29 bits per heavy atom. The van der Waals surface area contributed by atoms with Gasteiger partial charge in [-0.25, -0.2) is 0 Å². The number of hydrogen-bond donors (Lipinski definition) is 1. The van der Waals surface area contributed by atoms with Crippen molar-refractivity contribution in [1.29, 1.82) is 0 Å². The van der Waals surface area contributed by atoms with Crippen molar-refractivity contribution in [2.24, 2.45) is 5.73 Å². The predicted octanol–water partition coefficient (Wildman–Crippen LogP) is 0.361. The minimum Gasteiger partial charge on any atom is -0.383 e. The van der Waals surface area contributed by atoms with Crippen molar-refractivity contribution in [1.82, 2.24) is 4.90 Å². The number of ether oxygens (including phenoxy) is 1. The molecule has 1 unspecified atom stereocenters. The maximum Gasteiger partial charge on any atom is 0.242 e. The lowest BCUT2D eigenvalue weighted by atomic mass is 9.91. The Hall–Kier alpha value is -0.610. The standard InChI is InChI=1S/C10H20N2O2/c1-3-12(8-5-4-6-8)10(13)9(11)7-14-2/h8-9H,3-7,11H2,1-2H3. The molecule has 0 aliphatic heterocycles. The second-order valence-electron chi connectivity index (χ2n) is 3.77. The van der Waals surface area contributed by atoms with Crippen molar-refractivity contribution in [2.45, 2.75) is 38.3 Å². The second kappa shape index (κ2) is 5.32. The van der Waals surface area contributed by atoms with Crippen LogP contribution < -0.4 is 5.73 Å². The van der Waals surface area contributed by atoms with Crippen LogP contribution in [0.15, 0.2) is 0 Å². The molecule has 4 nitrogen and oxygen atoms in total. The molecule has 0 aromatic rings. The average Bonchev–Trinajstić information content (AvgIpc) is 2.10. The van der Waals surface area contributed by atoms with Crippen molar-refractivity contribution in [3.05, 3.63) is 0 Å². The SMILES string of the molecule is CCN(C(=O)C(N)COC)C1CCC1.